The summed E-state index contributed by atoms with van der Waals surface area (Å²) in [7, 11) is -3.13. The minimum absolute atomic E-state index is 0.162. The van der Waals surface area contributed by atoms with Gasteiger partial charge >= 0.3 is 0 Å². The number of hydrogen-bond donors (Lipinski definition) is 0. The highest BCUT2D eigenvalue weighted by molar-refractivity contribution is 7.89. The third-order valence-electron chi connectivity index (χ3n) is 3.96. The van der Waals surface area contributed by atoms with E-state index in [0.29, 0.717) is 19.5 Å². The Balaban J connectivity index is 2.44. The quantitative estimate of drug-likeness (QED) is 0.648. The molecule has 0 aromatic heterocycles. The molecular weight excluding hydrogens is 300 g/mol. The molecule has 22 heavy (non-hydrogen) atoms. The van der Waals surface area contributed by atoms with Gasteiger partial charge in [0.25, 0.3) is 0 Å². The van der Waals surface area contributed by atoms with E-state index in [1.54, 1.807) is 4.31 Å². The van der Waals surface area contributed by atoms with Gasteiger partial charge in [0.15, 0.2) is 0 Å². The highest BCUT2D eigenvalue weighted by Crippen LogP contribution is 2.20. The molecule has 0 spiro atoms. The van der Waals surface area contributed by atoms with E-state index in [4.69, 9.17) is 4.74 Å². The van der Waals surface area contributed by atoms with E-state index in [1.807, 2.05) is 6.92 Å². The van der Waals surface area contributed by atoms with Crippen LogP contribution in [0.2, 0.25) is 0 Å². The van der Waals surface area contributed by atoms with Gasteiger partial charge in [-0.3, -0.25) is 4.90 Å². The van der Waals surface area contributed by atoms with Crippen LogP contribution in [-0.4, -0.2) is 69.3 Å². The first-order chi connectivity index (χ1) is 10.2. The van der Waals surface area contributed by atoms with Crippen molar-refractivity contribution in [2.45, 2.75) is 47.0 Å². The smallest absolute Gasteiger partial charge is 0.214 e. The summed E-state index contributed by atoms with van der Waals surface area (Å²) in [4.78, 5) is 2.29. The van der Waals surface area contributed by atoms with Crippen molar-refractivity contribution in [3.63, 3.8) is 0 Å². The normalized spacial score (nSPS) is 18.0. The average molecular weight is 335 g/mol. The van der Waals surface area contributed by atoms with Crippen molar-refractivity contribution in [1.82, 2.24) is 9.21 Å². The van der Waals surface area contributed by atoms with E-state index in [-0.39, 0.29) is 11.2 Å². The molecule has 0 amide bonds. The SMILES string of the molecule is CCCN(CCC(C)(C)C)S(=O)(=O)CCCN1CCOCC1. The van der Waals surface area contributed by atoms with Crippen LogP contribution in [0.5, 0.6) is 0 Å². The summed E-state index contributed by atoms with van der Waals surface area (Å²) < 4.78 is 32.1. The second-order valence-corrected chi connectivity index (χ2v) is 9.42. The number of hydrogen-bond acceptors (Lipinski definition) is 4. The monoisotopic (exact) mass is 334 g/mol. The Bertz CT molecular complexity index is 398. The van der Waals surface area contributed by atoms with Gasteiger partial charge in [0.05, 0.1) is 19.0 Å². The second-order valence-electron chi connectivity index (χ2n) is 7.33. The summed E-state index contributed by atoms with van der Waals surface area (Å²) in [6.07, 6.45) is 2.47. The van der Waals surface area contributed by atoms with E-state index < -0.39 is 10.0 Å². The van der Waals surface area contributed by atoms with Crippen LogP contribution in [0.25, 0.3) is 0 Å². The molecule has 0 bridgehead atoms. The number of morpholine rings is 1. The van der Waals surface area contributed by atoms with Crippen LogP contribution in [0.3, 0.4) is 0 Å². The van der Waals surface area contributed by atoms with Crippen LogP contribution in [0.4, 0.5) is 0 Å². The zero-order chi connectivity index (χ0) is 16.6. The van der Waals surface area contributed by atoms with Gasteiger partial charge in [0.1, 0.15) is 0 Å². The molecule has 0 atom stereocenters. The van der Waals surface area contributed by atoms with Crippen LogP contribution in [-0.2, 0) is 14.8 Å². The first kappa shape index (κ1) is 19.9. The summed E-state index contributed by atoms with van der Waals surface area (Å²) in [5.41, 5.74) is 0.162. The van der Waals surface area contributed by atoms with Crippen molar-refractivity contribution < 1.29 is 13.2 Å². The molecule has 1 aliphatic rings. The first-order valence-electron chi connectivity index (χ1n) is 8.52. The Hall–Kier alpha value is -0.170. The molecule has 0 aromatic rings. The van der Waals surface area contributed by atoms with Crippen LogP contribution >= 0.6 is 0 Å². The standard InChI is InChI=1S/C16H34N2O3S/c1-5-8-18(10-7-16(2,3)4)22(19,20)15-6-9-17-11-13-21-14-12-17/h5-15H2,1-4H3. The molecule has 1 rings (SSSR count). The summed E-state index contributed by atoms with van der Waals surface area (Å²) in [6, 6.07) is 0. The lowest BCUT2D eigenvalue weighted by Crippen LogP contribution is -2.39. The minimum atomic E-state index is -3.13. The van der Waals surface area contributed by atoms with Crippen molar-refractivity contribution in [2.24, 2.45) is 5.41 Å². The number of nitrogens with zero attached hydrogens (tertiary/aromatic N) is 2. The molecule has 0 N–H and O–H groups in total. The van der Waals surface area contributed by atoms with Crippen LogP contribution in [0.1, 0.15) is 47.0 Å². The fraction of sp³-hybridized carbons (Fsp3) is 1.00. The predicted molar refractivity (Wildman–Crippen MR) is 91.6 cm³/mol. The van der Waals surface area contributed by atoms with Gasteiger partial charge in [0.2, 0.25) is 10.0 Å². The minimum Gasteiger partial charge on any atom is -0.379 e. The largest absolute Gasteiger partial charge is 0.379 e. The maximum absolute atomic E-state index is 12.6. The lowest BCUT2D eigenvalue weighted by molar-refractivity contribution is 0.0380. The predicted octanol–water partition coefficient (Wildman–Crippen LogP) is 2.19. The number of ether oxygens (including phenoxy) is 1. The van der Waals surface area contributed by atoms with Gasteiger partial charge in [-0.1, -0.05) is 27.7 Å². The summed E-state index contributed by atoms with van der Waals surface area (Å²) in [5, 5.41) is 0. The highest BCUT2D eigenvalue weighted by atomic mass is 32.2. The van der Waals surface area contributed by atoms with Crippen molar-refractivity contribution >= 4 is 10.0 Å². The molecule has 0 unspecified atom stereocenters. The Labute approximate surface area is 137 Å². The first-order valence-corrected chi connectivity index (χ1v) is 10.1. The van der Waals surface area contributed by atoms with Gasteiger partial charge in [0, 0.05) is 26.2 Å². The molecule has 0 radical (unpaired) electrons. The number of rotatable bonds is 9. The Kier molecular flexibility index (Phi) is 8.32. The van der Waals surface area contributed by atoms with Crippen molar-refractivity contribution in [2.75, 3.05) is 51.7 Å². The Morgan fingerprint density at radius 2 is 1.77 bits per heavy atom. The van der Waals surface area contributed by atoms with E-state index >= 15 is 0 Å². The molecule has 6 heteroatoms. The van der Waals surface area contributed by atoms with Gasteiger partial charge in [-0.05, 0) is 31.2 Å². The van der Waals surface area contributed by atoms with E-state index in [1.165, 1.54) is 0 Å². The second kappa shape index (κ2) is 9.21. The zero-order valence-electron chi connectivity index (χ0n) is 14.8. The fourth-order valence-corrected chi connectivity index (χ4v) is 4.11. The van der Waals surface area contributed by atoms with Crippen molar-refractivity contribution in [3.05, 3.63) is 0 Å². The molecule has 1 saturated heterocycles. The van der Waals surface area contributed by atoms with Crippen molar-refractivity contribution in [1.29, 1.82) is 0 Å². The lowest BCUT2D eigenvalue weighted by Gasteiger charge is -2.28. The van der Waals surface area contributed by atoms with Crippen LogP contribution in [0, 0.1) is 5.41 Å². The van der Waals surface area contributed by atoms with E-state index in [0.717, 1.165) is 45.7 Å². The number of sulfonamides is 1. The third kappa shape index (κ3) is 7.90. The van der Waals surface area contributed by atoms with Crippen LogP contribution < -0.4 is 0 Å². The Morgan fingerprint density at radius 1 is 1.14 bits per heavy atom. The molecule has 1 aliphatic heterocycles. The van der Waals surface area contributed by atoms with Crippen molar-refractivity contribution in [3.8, 4) is 0 Å². The molecule has 5 nitrogen and oxygen atoms in total. The molecule has 132 valence electrons. The van der Waals surface area contributed by atoms with Gasteiger partial charge < -0.3 is 4.74 Å². The molecule has 0 aromatic carbocycles. The highest BCUT2D eigenvalue weighted by Gasteiger charge is 2.23. The van der Waals surface area contributed by atoms with E-state index in [9.17, 15) is 8.42 Å². The topological polar surface area (TPSA) is 49.9 Å². The van der Waals surface area contributed by atoms with Crippen LogP contribution in [0.15, 0.2) is 0 Å². The van der Waals surface area contributed by atoms with Gasteiger partial charge in [-0.2, -0.15) is 0 Å². The lowest BCUT2D eigenvalue weighted by atomic mass is 9.92. The van der Waals surface area contributed by atoms with E-state index in [2.05, 4.69) is 25.7 Å². The Morgan fingerprint density at radius 3 is 2.32 bits per heavy atom. The maximum Gasteiger partial charge on any atom is 0.214 e. The zero-order valence-corrected chi connectivity index (χ0v) is 15.6. The molecule has 0 saturated carbocycles. The van der Waals surface area contributed by atoms with Gasteiger partial charge in [-0.25, -0.2) is 12.7 Å². The van der Waals surface area contributed by atoms with Gasteiger partial charge in [-0.15, -0.1) is 0 Å². The maximum atomic E-state index is 12.6. The molecule has 0 aliphatic carbocycles. The molecular formula is C16H34N2O3S. The average Bonchev–Trinajstić information content (AvgIpc) is 2.43. The summed E-state index contributed by atoms with van der Waals surface area (Å²) in [5.74, 6) is 0.258. The third-order valence-corrected chi connectivity index (χ3v) is 5.91. The fourth-order valence-electron chi connectivity index (χ4n) is 2.52. The summed E-state index contributed by atoms with van der Waals surface area (Å²) >= 11 is 0. The molecule has 1 heterocycles. The summed E-state index contributed by atoms with van der Waals surface area (Å²) in [6.45, 7) is 14.0. The molecule has 1 fully saturated rings.